The maximum atomic E-state index is 13.5. The predicted molar refractivity (Wildman–Crippen MR) is 76.1 cm³/mol. The molecule has 0 saturated carbocycles. The number of carbonyl (C=O) groups is 1. The summed E-state index contributed by atoms with van der Waals surface area (Å²) in [5.41, 5.74) is 0.867. The minimum absolute atomic E-state index is 0.0309. The maximum Gasteiger partial charge on any atom is 0.254 e. The third kappa shape index (κ3) is 3.81. The van der Waals surface area contributed by atoms with Crippen molar-refractivity contribution in [3.05, 3.63) is 65.2 Å². The van der Waals surface area contributed by atoms with Gasteiger partial charge in [-0.2, -0.15) is 0 Å². The Bertz CT molecular complexity index is 614. The van der Waals surface area contributed by atoms with E-state index < -0.39 is 11.7 Å². The fraction of sp³-hybridized carbons (Fsp3) is 0.133. The molecule has 0 aromatic heterocycles. The molecule has 0 fully saturated rings. The van der Waals surface area contributed by atoms with E-state index in [4.69, 9.17) is 0 Å². The van der Waals surface area contributed by atoms with Crippen molar-refractivity contribution in [2.45, 2.75) is 11.3 Å². The minimum atomic E-state index is -0.581. The second-order valence-corrected chi connectivity index (χ2v) is 4.81. The molecule has 2 aromatic carbocycles. The molecule has 1 amide bonds. The van der Waals surface area contributed by atoms with Crippen molar-refractivity contribution in [3.8, 4) is 0 Å². The van der Waals surface area contributed by atoms with Crippen LogP contribution in [0.2, 0.25) is 0 Å². The van der Waals surface area contributed by atoms with Gasteiger partial charge in [0.2, 0.25) is 0 Å². The molecule has 1 N–H and O–H groups in total. The van der Waals surface area contributed by atoms with Crippen LogP contribution in [0.3, 0.4) is 0 Å². The van der Waals surface area contributed by atoms with Crippen LogP contribution in [-0.4, -0.2) is 12.5 Å². The van der Waals surface area contributed by atoms with Gasteiger partial charge in [-0.25, -0.2) is 8.78 Å². The minimum Gasteiger partial charge on any atom is -0.352 e. The molecule has 0 aliphatic heterocycles. The first-order chi connectivity index (χ1) is 9.56. The summed E-state index contributed by atoms with van der Waals surface area (Å²) in [5, 5.41) is 2.62. The molecular weight excluding hydrogens is 280 g/mol. The molecule has 0 aliphatic rings. The Hall–Kier alpha value is -1.88. The number of nitrogens with one attached hydrogen (secondary N) is 1. The van der Waals surface area contributed by atoms with E-state index >= 15 is 0 Å². The van der Waals surface area contributed by atoms with Gasteiger partial charge in [0, 0.05) is 11.4 Å². The fourth-order valence-corrected chi connectivity index (χ4v) is 1.96. The number of halogens is 2. The van der Waals surface area contributed by atoms with Crippen molar-refractivity contribution in [1.29, 1.82) is 0 Å². The highest BCUT2D eigenvalue weighted by atomic mass is 32.1. The Labute approximate surface area is 121 Å². The SMILES string of the molecule is O=C(NCCc1ccc(F)cc1)c1cc(S)ccc1F. The number of carbonyl (C=O) groups excluding carboxylic acids is 1. The second-order valence-electron chi connectivity index (χ2n) is 4.30. The van der Waals surface area contributed by atoms with E-state index in [0.717, 1.165) is 5.56 Å². The number of rotatable bonds is 4. The van der Waals surface area contributed by atoms with Crippen LogP contribution in [0.25, 0.3) is 0 Å². The lowest BCUT2D eigenvalue weighted by Crippen LogP contribution is -2.26. The van der Waals surface area contributed by atoms with Gasteiger partial charge in [-0.05, 0) is 42.3 Å². The molecule has 0 heterocycles. The summed E-state index contributed by atoms with van der Waals surface area (Å²) in [6.45, 7) is 0.348. The molecule has 20 heavy (non-hydrogen) atoms. The zero-order valence-electron chi connectivity index (χ0n) is 10.6. The van der Waals surface area contributed by atoms with Gasteiger partial charge in [0.15, 0.2) is 0 Å². The monoisotopic (exact) mass is 293 g/mol. The highest BCUT2D eigenvalue weighted by Crippen LogP contribution is 2.13. The molecule has 104 valence electrons. The summed E-state index contributed by atoms with van der Waals surface area (Å²) in [4.78, 5) is 12.3. The molecule has 0 spiro atoms. The molecule has 0 unspecified atom stereocenters. The van der Waals surface area contributed by atoms with Crippen molar-refractivity contribution < 1.29 is 13.6 Å². The molecule has 5 heteroatoms. The van der Waals surface area contributed by atoms with Crippen LogP contribution in [0, 0.1) is 11.6 Å². The quantitative estimate of drug-likeness (QED) is 0.833. The van der Waals surface area contributed by atoms with Gasteiger partial charge in [0.05, 0.1) is 5.56 Å². The molecular formula is C15H13F2NOS. The van der Waals surface area contributed by atoms with Crippen LogP contribution in [-0.2, 0) is 6.42 Å². The Morgan fingerprint density at radius 2 is 1.80 bits per heavy atom. The lowest BCUT2D eigenvalue weighted by molar-refractivity contribution is 0.0950. The highest BCUT2D eigenvalue weighted by Gasteiger charge is 2.11. The zero-order chi connectivity index (χ0) is 14.5. The summed E-state index contributed by atoms with van der Waals surface area (Å²) in [6, 6.07) is 10.1. The van der Waals surface area contributed by atoms with Gasteiger partial charge >= 0.3 is 0 Å². The first kappa shape index (κ1) is 14.5. The Kier molecular flexibility index (Phi) is 4.74. The normalized spacial score (nSPS) is 10.3. The van der Waals surface area contributed by atoms with E-state index in [1.54, 1.807) is 12.1 Å². The molecule has 2 aromatic rings. The number of hydrogen-bond donors (Lipinski definition) is 2. The van der Waals surface area contributed by atoms with Crippen molar-refractivity contribution in [2.24, 2.45) is 0 Å². The van der Waals surface area contributed by atoms with Crippen LogP contribution in [0.5, 0.6) is 0 Å². The van der Waals surface area contributed by atoms with Crippen molar-refractivity contribution in [1.82, 2.24) is 5.32 Å². The average Bonchev–Trinajstić information content (AvgIpc) is 2.43. The average molecular weight is 293 g/mol. The van der Waals surface area contributed by atoms with E-state index in [1.165, 1.54) is 30.3 Å². The molecule has 0 saturated heterocycles. The number of thiol groups is 1. The molecule has 0 bridgehead atoms. The van der Waals surface area contributed by atoms with E-state index in [0.29, 0.717) is 17.9 Å². The van der Waals surface area contributed by atoms with Gasteiger partial charge < -0.3 is 5.32 Å². The Morgan fingerprint density at radius 3 is 2.50 bits per heavy atom. The Morgan fingerprint density at radius 1 is 1.10 bits per heavy atom. The third-order valence-electron chi connectivity index (χ3n) is 2.81. The molecule has 2 nitrogen and oxygen atoms in total. The summed E-state index contributed by atoms with van der Waals surface area (Å²) in [5.74, 6) is -1.37. The lowest BCUT2D eigenvalue weighted by atomic mass is 10.1. The van der Waals surface area contributed by atoms with E-state index in [2.05, 4.69) is 17.9 Å². The summed E-state index contributed by atoms with van der Waals surface area (Å²) in [6.07, 6.45) is 0.550. The van der Waals surface area contributed by atoms with Gasteiger partial charge in [-0.3, -0.25) is 4.79 Å². The smallest absolute Gasteiger partial charge is 0.254 e. The van der Waals surface area contributed by atoms with Gasteiger partial charge in [-0.1, -0.05) is 12.1 Å². The Balaban J connectivity index is 1.92. The number of benzene rings is 2. The standard InChI is InChI=1S/C15H13F2NOS/c16-11-3-1-10(2-4-11)7-8-18-15(19)13-9-12(20)5-6-14(13)17/h1-6,9,20H,7-8H2,(H,18,19). The first-order valence-corrected chi connectivity index (χ1v) is 6.52. The van der Waals surface area contributed by atoms with Crippen molar-refractivity contribution in [2.75, 3.05) is 6.54 Å². The first-order valence-electron chi connectivity index (χ1n) is 6.07. The predicted octanol–water partition coefficient (Wildman–Crippen LogP) is 3.23. The second kappa shape index (κ2) is 6.52. The number of hydrogen-bond acceptors (Lipinski definition) is 2. The molecule has 0 atom stereocenters. The van der Waals surface area contributed by atoms with Crippen molar-refractivity contribution in [3.63, 3.8) is 0 Å². The summed E-state index contributed by atoms with van der Waals surface area (Å²) >= 11 is 4.07. The maximum absolute atomic E-state index is 13.5. The van der Waals surface area contributed by atoms with Crippen LogP contribution in [0.15, 0.2) is 47.4 Å². The van der Waals surface area contributed by atoms with Gasteiger partial charge in [0.1, 0.15) is 11.6 Å². The van der Waals surface area contributed by atoms with Crippen LogP contribution < -0.4 is 5.32 Å². The van der Waals surface area contributed by atoms with Crippen LogP contribution >= 0.6 is 12.6 Å². The summed E-state index contributed by atoms with van der Waals surface area (Å²) in [7, 11) is 0. The van der Waals surface area contributed by atoms with E-state index in [1.807, 2.05) is 0 Å². The van der Waals surface area contributed by atoms with Crippen LogP contribution in [0.1, 0.15) is 15.9 Å². The summed E-state index contributed by atoms with van der Waals surface area (Å²) < 4.78 is 26.2. The lowest BCUT2D eigenvalue weighted by Gasteiger charge is -2.07. The number of amides is 1. The topological polar surface area (TPSA) is 29.1 Å². The zero-order valence-corrected chi connectivity index (χ0v) is 11.5. The van der Waals surface area contributed by atoms with Crippen molar-refractivity contribution >= 4 is 18.5 Å². The van der Waals surface area contributed by atoms with Gasteiger partial charge in [-0.15, -0.1) is 12.6 Å². The fourth-order valence-electron chi connectivity index (χ4n) is 1.75. The molecule has 0 aliphatic carbocycles. The highest BCUT2D eigenvalue weighted by molar-refractivity contribution is 7.80. The van der Waals surface area contributed by atoms with Gasteiger partial charge in [0.25, 0.3) is 5.91 Å². The van der Waals surface area contributed by atoms with E-state index in [9.17, 15) is 13.6 Å². The van der Waals surface area contributed by atoms with E-state index in [-0.39, 0.29) is 11.4 Å². The third-order valence-corrected chi connectivity index (χ3v) is 3.09. The molecule has 0 radical (unpaired) electrons. The van der Waals surface area contributed by atoms with Crippen LogP contribution in [0.4, 0.5) is 8.78 Å². The molecule has 2 rings (SSSR count). The largest absolute Gasteiger partial charge is 0.352 e.